The lowest BCUT2D eigenvalue weighted by atomic mass is 9.82. The first-order chi connectivity index (χ1) is 9.98. The van der Waals surface area contributed by atoms with E-state index in [4.69, 9.17) is 5.84 Å². The van der Waals surface area contributed by atoms with Crippen LogP contribution in [-0.2, 0) is 0 Å². The van der Waals surface area contributed by atoms with Gasteiger partial charge in [-0.15, -0.1) is 0 Å². The zero-order chi connectivity index (χ0) is 15.3. The number of nitrogens with one attached hydrogen (secondary N) is 1. The zero-order valence-electron chi connectivity index (χ0n) is 12.7. The molecule has 0 aromatic heterocycles. The zero-order valence-corrected chi connectivity index (χ0v) is 12.7. The molecular weight excluding hydrogens is 279 g/mol. The van der Waals surface area contributed by atoms with Crippen LogP contribution in [0.2, 0.25) is 0 Å². The van der Waals surface area contributed by atoms with E-state index in [0.717, 1.165) is 38.8 Å². The molecule has 0 aromatic carbocycles. The summed E-state index contributed by atoms with van der Waals surface area (Å²) in [5.74, 6) is 5.74. The van der Waals surface area contributed by atoms with E-state index >= 15 is 0 Å². The van der Waals surface area contributed by atoms with Gasteiger partial charge in [0, 0.05) is 18.0 Å². The maximum Gasteiger partial charge on any atom is 0.389 e. The third-order valence-electron chi connectivity index (χ3n) is 5.26. The number of halogens is 3. The minimum absolute atomic E-state index is 0.0131. The number of rotatable bonds is 6. The Morgan fingerprint density at radius 2 is 1.67 bits per heavy atom. The highest BCUT2D eigenvalue weighted by molar-refractivity contribution is 5.03. The Labute approximate surface area is 125 Å². The maximum absolute atomic E-state index is 12.4. The van der Waals surface area contributed by atoms with E-state index in [-0.39, 0.29) is 18.0 Å². The second-order valence-corrected chi connectivity index (χ2v) is 6.59. The standard InChI is InChI=1S/C15H28F3N3/c16-15(17,18)10-6-7-13(20-19)14(8-2-3-9-14)21-11-4-1-5-12-21/h13,20H,1-12,19H2. The van der Waals surface area contributed by atoms with Crippen LogP contribution in [0.3, 0.4) is 0 Å². The highest BCUT2D eigenvalue weighted by atomic mass is 19.4. The second kappa shape index (κ2) is 7.29. The molecule has 0 radical (unpaired) electrons. The van der Waals surface area contributed by atoms with E-state index in [2.05, 4.69) is 10.3 Å². The maximum atomic E-state index is 12.4. The molecular formula is C15H28F3N3. The van der Waals surface area contributed by atoms with Crippen LogP contribution < -0.4 is 11.3 Å². The average Bonchev–Trinajstić information content (AvgIpc) is 2.94. The number of hydrogen-bond donors (Lipinski definition) is 2. The molecule has 2 aliphatic rings. The van der Waals surface area contributed by atoms with E-state index in [1.807, 2.05) is 0 Å². The molecule has 6 heteroatoms. The quantitative estimate of drug-likeness (QED) is 0.584. The molecule has 1 unspecified atom stereocenters. The van der Waals surface area contributed by atoms with E-state index < -0.39 is 12.6 Å². The van der Waals surface area contributed by atoms with Gasteiger partial charge in [0.05, 0.1) is 0 Å². The van der Waals surface area contributed by atoms with E-state index in [1.165, 1.54) is 19.3 Å². The lowest BCUT2D eigenvalue weighted by molar-refractivity contribution is -0.136. The summed E-state index contributed by atoms with van der Waals surface area (Å²) >= 11 is 0. The van der Waals surface area contributed by atoms with Crippen molar-refractivity contribution in [2.75, 3.05) is 13.1 Å². The van der Waals surface area contributed by atoms with Gasteiger partial charge in [-0.1, -0.05) is 19.3 Å². The van der Waals surface area contributed by atoms with Crippen LogP contribution in [0.5, 0.6) is 0 Å². The summed E-state index contributed by atoms with van der Waals surface area (Å²) < 4.78 is 37.1. The Balaban J connectivity index is 2.00. The lowest BCUT2D eigenvalue weighted by Crippen LogP contribution is -2.62. The molecule has 21 heavy (non-hydrogen) atoms. The summed E-state index contributed by atoms with van der Waals surface area (Å²) in [7, 11) is 0. The van der Waals surface area contributed by atoms with Gasteiger partial charge >= 0.3 is 6.18 Å². The Bertz CT molecular complexity index is 308. The van der Waals surface area contributed by atoms with Gasteiger partial charge in [-0.05, 0) is 51.6 Å². The van der Waals surface area contributed by atoms with Crippen molar-refractivity contribution in [3.63, 3.8) is 0 Å². The molecule has 3 N–H and O–H groups in total. The Morgan fingerprint density at radius 3 is 2.19 bits per heavy atom. The average molecular weight is 307 g/mol. The Morgan fingerprint density at radius 1 is 1.05 bits per heavy atom. The van der Waals surface area contributed by atoms with Gasteiger partial charge in [0.1, 0.15) is 0 Å². The molecule has 1 aliphatic carbocycles. The Kier molecular flexibility index (Phi) is 5.91. The molecule has 1 atom stereocenters. The molecule has 1 heterocycles. The van der Waals surface area contributed by atoms with Crippen molar-refractivity contribution >= 4 is 0 Å². The fourth-order valence-electron chi connectivity index (χ4n) is 4.23. The third kappa shape index (κ3) is 4.33. The van der Waals surface area contributed by atoms with Crippen molar-refractivity contribution in [3.8, 4) is 0 Å². The second-order valence-electron chi connectivity index (χ2n) is 6.59. The number of hydrogen-bond acceptors (Lipinski definition) is 3. The summed E-state index contributed by atoms with van der Waals surface area (Å²) in [5, 5.41) is 0. The summed E-state index contributed by atoms with van der Waals surface area (Å²) in [4.78, 5) is 2.52. The summed E-state index contributed by atoms with van der Waals surface area (Å²) in [5.41, 5.74) is 2.85. The molecule has 0 aromatic rings. The molecule has 0 bridgehead atoms. The van der Waals surface area contributed by atoms with Gasteiger partial charge in [0.25, 0.3) is 0 Å². The van der Waals surface area contributed by atoms with Gasteiger partial charge in [-0.3, -0.25) is 16.2 Å². The largest absolute Gasteiger partial charge is 0.389 e. The molecule has 1 saturated carbocycles. The number of hydrazine groups is 1. The van der Waals surface area contributed by atoms with Crippen molar-refractivity contribution < 1.29 is 13.2 Å². The molecule has 3 nitrogen and oxygen atoms in total. The van der Waals surface area contributed by atoms with Crippen molar-refractivity contribution in [2.45, 2.75) is 82.0 Å². The monoisotopic (exact) mass is 307 g/mol. The summed E-state index contributed by atoms with van der Waals surface area (Å²) in [6.45, 7) is 2.13. The van der Waals surface area contributed by atoms with Crippen LogP contribution >= 0.6 is 0 Å². The smallest absolute Gasteiger partial charge is 0.296 e. The molecule has 1 aliphatic heterocycles. The Hall–Kier alpha value is -0.330. The predicted octanol–water partition coefficient (Wildman–Crippen LogP) is 3.35. The van der Waals surface area contributed by atoms with Crippen LogP contribution in [0.25, 0.3) is 0 Å². The molecule has 2 rings (SSSR count). The molecule has 124 valence electrons. The normalized spacial score (nSPS) is 25.1. The highest BCUT2D eigenvalue weighted by Crippen LogP contribution is 2.41. The van der Waals surface area contributed by atoms with Crippen LogP contribution in [-0.4, -0.2) is 35.7 Å². The van der Waals surface area contributed by atoms with E-state index in [9.17, 15) is 13.2 Å². The van der Waals surface area contributed by atoms with Crippen LogP contribution in [0, 0.1) is 0 Å². The first kappa shape index (κ1) is 17.0. The number of alkyl halides is 3. The third-order valence-corrected chi connectivity index (χ3v) is 5.26. The number of piperidine rings is 1. The fourth-order valence-corrected chi connectivity index (χ4v) is 4.23. The van der Waals surface area contributed by atoms with Crippen molar-refractivity contribution in [2.24, 2.45) is 5.84 Å². The first-order valence-electron chi connectivity index (χ1n) is 8.26. The van der Waals surface area contributed by atoms with Gasteiger partial charge in [-0.2, -0.15) is 13.2 Å². The fraction of sp³-hybridized carbons (Fsp3) is 1.00. The number of likely N-dealkylation sites (tertiary alicyclic amines) is 1. The number of nitrogens with two attached hydrogens (primary N) is 1. The SMILES string of the molecule is NNC(CCCC(F)(F)F)C1(N2CCCCC2)CCCC1. The minimum Gasteiger partial charge on any atom is -0.296 e. The predicted molar refractivity (Wildman–Crippen MR) is 77.6 cm³/mol. The minimum atomic E-state index is -4.06. The molecule has 2 fully saturated rings. The van der Waals surface area contributed by atoms with Crippen molar-refractivity contribution in [3.05, 3.63) is 0 Å². The number of nitrogens with zero attached hydrogens (tertiary/aromatic N) is 1. The lowest BCUT2D eigenvalue weighted by Gasteiger charge is -2.48. The van der Waals surface area contributed by atoms with Gasteiger partial charge in [-0.25, -0.2) is 0 Å². The first-order valence-corrected chi connectivity index (χ1v) is 8.26. The van der Waals surface area contributed by atoms with Crippen molar-refractivity contribution in [1.29, 1.82) is 0 Å². The van der Waals surface area contributed by atoms with Crippen molar-refractivity contribution in [1.82, 2.24) is 10.3 Å². The van der Waals surface area contributed by atoms with Crippen LogP contribution in [0.15, 0.2) is 0 Å². The van der Waals surface area contributed by atoms with Gasteiger partial charge in [0.15, 0.2) is 0 Å². The summed E-state index contributed by atoms with van der Waals surface area (Å²) in [6.07, 6.45) is 4.00. The van der Waals surface area contributed by atoms with E-state index in [1.54, 1.807) is 0 Å². The highest BCUT2D eigenvalue weighted by Gasteiger charge is 2.45. The topological polar surface area (TPSA) is 41.3 Å². The summed E-state index contributed by atoms with van der Waals surface area (Å²) in [6, 6.07) is -0.0274. The van der Waals surface area contributed by atoms with Crippen LogP contribution in [0.1, 0.15) is 64.2 Å². The van der Waals surface area contributed by atoms with Gasteiger partial charge in [0.2, 0.25) is 0 Å². The molecule has 0 amide bonds. The molecule has 1 saturated heterocycles. The van der Waals surface area contributed by atoms with Crippen LogP contribution in [0.4, 0.5) is 13.2 Å². The van der Waals surface area contributed by atoms with Gasteiger partial charge < -0.3 is 0 Å². The van der Waals surface area contributed by atoms with E-state index in [0.29, 0.717) is 6.42 Å². The molecule has 0 spiro atoms.